The van der Waals surface area contributed by atoms with Crippen LogP contribution < -0.4 is 5.32 Å². The van der Waals surface area contributed by atoms with E-state index in [1.807, 2.05) is 0 Å². The van der Waals surface area contributed by atoms with Crippen molar-refractivity contribution in [1.82, 2.24) is 5.32 Å². The maximum atomic E-state index is 5.75. The molecule has 1 aliphatic heterocycles. The number of hydrogen-bond donors (Lipinski definition) is 1. The summed E-state index contributed by atoms with van der Waals surface area (Å²) in [7, 11) is 0. The van der Waals surface area contributed by atoms with E-state index >= 15 is 0 Å². The summed E-state index contributed by atoms with van der Waals surface area (Å²) >= 11 is 0. The van der Waals surface area contributed by atoms with Gasteiger partial charge in [0.05, 0.1) is 5.60 Å². The van der Waals surface area contributed by atoms with Crippen LogP contribution in [-0.4, -0.2) is 25.3 Å². The molecule has 17 heavy (non-hydrogen) atoms. The van der Waals surface area contributed by atoms with Crippen LogP contribution in [0, 0.1) is 0 Å². The Labute approximate surface area is 108 Å². The lowest BCUT2D eigenvalue weighted by Crippen LogP contribution is -2.37. The maximum absolute atomic E-state index is 5.75. The third kappa shape index (κ3) is 7.05. The second kappa shape index (κ2) is 8.93. The molecule has 1 atom stereocenters. The first-order valence-corrected chi connectivity index (χ1v) is 7.61. The second-order valence-electron chi connectivity index (χ2n) is 5.70. The van der Waals surface area contributed by atoms with Gasteiger partial charge in [-0.2, -0.15) is 0 Å². The average molecular weight is 241 g/mol. The molecule has 0 aliphatic carbocycles. The topological polar surface area (TPSA) is 21.3 Å². The summed E-state index contributed by atoms with van der Waals surface area (Å²) in [5, 5.41) is 3.54. The summed E-state index contributed by atoms with van der Waals surface area (Å²) < 4.78 is 5.75. The zero-order chi connectivity index (χ0) is 12.4. The van der Waals surface area contributed by atoms with E-state index in [1.54, 1.807) is 0 Å². The van der Waals surface area contributed by atoms with E-state index in [0.717, 1.165) is 19.7 Å². The summed E-state index contributed by atoms with van der Waals surface area (Å²) in [4.78, 5) is 0. The molecule has 1 aliphatic rings. The number of rotatable bonds is 10. The Balaban J connectivity index is 1.81. The first-order chi connectivity index (χ1) is 8.27. The third-order valence-electron chi connectivity index (χ3n) is 3.76. The molecule has 1 fully saturated rings. The Morgan fingerprint density at radius 1 is 1.06 bits per heavy atom. The molecule has 1 N–H and O–H groups in total. The Morgan fingerprint density at radius 3 is 2.41 bits per heavy atom. The molecule has 0 amide bonds. The van der Waals surface area contributed by atoms with Gasteiger partial charge in [-0.1, -0.05) is 45.4 Å². The van der Waals surface area contributed by atoms with Crippen LogP contribution in [0.3, 0.4) is 0 Å². The zero-order valence-electron chi connectivity index (χ0n) is 11.9. The van der Waals surface area contributed by atoms with Crippen LogP contribution >= 0.6 is 0 Å². The first kappa shape index (κ1) is 15.0. The van der Waals surface area contributed by atoms with Gasteiger partial charge in [0.25, 0.3) is 0 Å². The number of nitrogens with one attached hydrogen (secondary N) is 1. The smallest absolute Gasteiger partial charge is 0.0779 e. The van der Waals surface area contributed by atoms with E-state index in [9.17, 15) is 0 Å². The van der Waals surface area contributed by atoms with E-state index in [1.165, 1.54) is 57.8 Å². The molecular weight excluding hydrogens is 210 g/mol. The summed E-state index contributed by atoms with van der Waals surface area (Å²) in [6.45, 7) is 7.65. The van der Waals surface area contributed by atoms with Crippen LogP contribution in [0.4, 0.5) is 0 Å². The number of ether oxygens (including phenoxy) is 1. The van der Waals surface area contributed by atoms with Crippen molar-refractivity contribution in [3.8, 4) is 0 Å². The van der Waals surface area contributed by atoms with Crippen molar-refractivity contribution < 1.29 is 4.74 Å². The van der Waals surface area contributed by atoms with Gasteiger partial charge >= 0.3 is 0 Å². The molecule has 1 rings (SSSR count). The molecular formula is C15H31NO. The van der Waals surface area contributed by atoms with Crippen LogP contribution in [0.25, 0.3) is 0 Å². The molecule has 0 saturated carbocycles. The minimum absolute atomic E-state index is 0.126. The molecule has 0 aromatic rings. The van der Waals surface area contributed by atoms with Crippen molar-refractivity contribution in [3.05, 3.63) is 0 Å². The normalized spacial score (nSPS) is 24.4. The molecule has 2 nitrogen and oxygen atoms in total. The second-order valence-corrected chi connectivity index (χ2v) is 5.70. The fourth-order valence-corrected chi connectivity index (χ4v) is 2.54. The van der Waals surface area contributed by atoms with Gasteiger partial charge in [-0.25, -0.2) is 0 Å². The van der Waals surface area contributed by atoms with E-state index in [2.05, 4.69) is 19.2 Å². The van der Waals surface area contributed by atoms with Gasteiger partial charge in [-0.3, -0.25) is 0 Å². The average Bonchev–Trinajstić information content (AvgIpc) is 2.74. The molecule has 2 heteroatoms. The molecule has 0 aromatic heterocycles. The van der Waals surface area contributed by atoms with Gasteiger partial charge < -0.3 is 10.1 Å². The van der Waals surface area contributed by atoms with Crippen molar-refractivity contribution in [1.29, 1.82) is 0 Å². The fraction of sp³-hybridized carbons (Fsp3) is 1.00. The highest BCUT2D eigenvalue weighted by Gasteiger charge is 2.28. The van der Waals surface area contributed by atoms with Crippen LogP contribution in [0.1, 0.15) is 71.6 Å². The van der Waals surface area contributed by atoms with Crippen molar-refractivity contribution in [2.45, 2.75) is 77.2 Å². The lowest BCUT2D eigenvalue weighted by Gasteiger charge is -2.23. The van der Waals surface area contributed by atoms with Crippen LogP contribution in [-0.2, 0) is 4.74 Å². The van der Waals surface area contributed by atoms with Gasteiger partial charge in [0.1, 0.15) is 0 Å². The van der Waals surface area contributed by atoms with Crippen molar-refractivity contribution in [2.75, 3.05) is 19.7 Å². The maximum Gasteiger partial charge on any atom is 0.0779 e. The molecule has 0 radical (unpaired) electrons. The monoisotopic (exact) mass is 241 g/mol. The van der Waals surface area contributed by atoms with E-state index in [0.29, 0.717) is 0 Å². The minimum Gasteiger partial charge on any atom is -0.374 e. The van der Waals surface area contributed by atoms with Gasteiger partial charge in [0, 0.05) is 13.2 Å². The molecule has 1 saturated heterocycles. The van der Waals surface area contributed by atoms with Gasteiger partial charge in [0.2, 0.25) is 0 Å². The largest absolute Gasteiger partial charge is 0.374 e. The molecule has 0 bridgehead atoms. The highest BCUT2D eigenvalue weighted by Crippen LogP contribution is 2.23. The third-order valence-corrected chi connectivity index (χ3v) is 3.76. The Bertz CT molecular complexity index is 176. The van der Waals surface area contributed by atoms with Gasteiger partial charge in [-0.05, 0) is 32.7 Å². The first-order valence-electron chi connectivity index (χ1n) is 7.61. The molecule has 102 valence electrons. The quantitative estimate of drug-likeness (QED) is 0.586. The lowest BCUT2D eigenvalue weighted by molar-refractivity contribution is 0.0210. The summed E-state index contributed by atoms with van der Waals surface area (Å²) in [5.41, 5.74) is 0.126. The molecule has 1 unspecified atom stereocenters. The summed E-state index contributed by atoms with van der Waals surface area (Å²) in [6, 6.07) is 0. The van der Waals surface area contributed by atoms with Crippen LogP contribution in [0.5, 0.6) is 0 Å². The van der Waals surface area contributed by atoms with Crippen molar-refractivity contribution >= 4 is 0 Å². The van der Waals surface area contributed by atoms with E-state index in [4.69, 9.17) is 4.74 Å². The van der Waals surface area contributed by atoms with Crippen LogP contribution in [0.15, 0.2) is 0 Å². The molecule has 0 spiro atoms. The standard InChI is InChI=1S/C15H31NO/c1-3-4-5-6-7-8-9-12-16-14-15(2)11-10-13-17-15/h16H,3-14H2,1-2H3. The summed E-state index contributed by atoms with van der Waals surface area (Å²) in [6.07, 6.45) is 12.2. The van der Waals surface area contributed by atoms with Crippen molar-refractivity contribution in [3.63, 3.8) is 0 Å². The Morgan fingerprint density at radius 2 is 1.76 bits per heavy atom. The van der Waals surface area contributed by atoms with Gasteiger partial charge in [0.15, 0.2) is 0 Å². The lowest BCUT2D eigenvalue weighted by atomic mass is 10.0. The predicted molar refractivity (Wildman–Crippen MR) is 74.5 cm³/mol. The minimum atomic E-state index is 0.126. The highest BCUT2D eigenvalue weighted by atomic mass is 16.5. The fourth-order valence-electron chi connectivity index (χ4n) is 2.54. The predicted octanol–water partition coefficient (Wildman–Crippen LogP) is 3.90. The highest BCUT2D eigenvalue weighted by molar-refractivity contribution is 4.82. The number of unbranched alkanes of at least 4 members (excludes halogenated alkanes) is 6. The molecule has 0 aromatic carbocycles. The Kier molecular flexibility index (Phi) is 7.87. The summed E-state index contributed by atoms with van der Waals surface area (Å²) in [5.74, 6) is 0. The SMILES string of the molecule is CCCCCCCCCNCC1(C)CCCO1. The number of hydrogen-bond acceptors (Lipinski definition) is 2. The van der Waals surface area contributed by atoms with E-state index in [-0.39, 0.29) is 5.60 Å². The van der Waals surface area contributed by atoms with E-state index < -0.39 is 0 Å². The molecule has 1 heterocycles. The Hall–Kier alpha value is -0.0800. The van der Waals surface area contributed by atoms with Gasteiger partial charge in [-0.15, -0.1) is 0 Å². The van der Waals surface area contributed by atoms with Crippen LogP contribution in [0.2, 0.25) is 0 Å². The zero-order valence-corrected chi connectivity index (χ0v) is 11.9. The van der Waals surface area contributed by atoms with Crippen molar-refractivity contribution in [2.24, 2.45) is 0 Å².